The molecule has 0 saturated heterocycles. The fourth-order valence-electron chi connectivity index (χ4n) is 1.56. The van der Waals surface area contributed by atoms with E-state index in [1.807, 2.05) is 20.8 Å². The van der Waals surface area contributed by atoms with Gasteiger partial charge in [-0.3, -0.25) is 0 Å². The zero-order valence-electron chi connectivity index (χ0n) is 9.85. The minimum absolute atomic E-state index is 0.0556. The standard InChI is InChI=1S/C13H17BrFN/c1-4-16-13(7-9(2)3)11-8-10(15)5-6-12(11)14/h5-8,13,16H,4H2,1-3H3. The molecule has 0 radical (unpaired) electrons. The number of halogens is 2. The van der Waals surface area contributed by atoms with Crippen LogP contribution in [0, 0.1) is 5.82 Å². The van der Waals surface area contributed by atoms with Crippen molar-refractivity contribution in [2.75, 3.05) is 6.54 Å². The molecule has 1 unspecified atom stereocenters. The van der Waals surface area contributed by atoms with Crippen LogP contribution >= 0.6 is 15.9 Å². The zero-order valence-corrected chi connectivity index (χ0v) is 11.4. The normalized spacial score (nSPS) is 12.3. The van der Waals surface area contributed by atoms with Crippen molar-refractivity contribution in [3.8, 4) is 0 Å². The second-order valence-corrected chi connectivity index (χ2v) is 4.80. The van der Waals surface area contributed by atoms with Gasteiger partial charge in [0, 0.05) is 4.47 Å². The SMILES string of the molecule is CCNC(C=C(C)C)c1cc(F)ccc1Br. The Morgan fingerprint density at radius 2 is 2.19 bits per heavy atom. The third-order valence-corrected chi connectivity index (χ3v) is 2.94. The number of benzene rings is 1. The van der Waals surface area contributed by atoms with Gasteiger partial charge in [0.25, 0.3) is 0 Å². The molecule has 1 rings (SSSR count). The lowest BCUT2D eigenvalue weighted by atomic mass is 10.0. The van der Waals surface area contributed by atoms with E-state index >= 15 is 0 Å². The second-order valence-electron chi connectivity index (χ2n) is 3.95. The van der Waals surface area contributed by atoms with Crippen LogP contribution in [0.15, 0.2) is 34.3 Å². The van der Waals surface area contributed by atoms with Crippen molar-refractivity contribution >= 4 is 15.9 Å². The van der Waals surface area contributed by atoms with E-state index < -0.39 is 0 Å². The topological polar surface area (TPSA) is 12.0 Å². The molecule has 0 amide bonds. The smallest absolute Gasteiger partial charge is 0.123 e. The molecule has 0 aromatic heterocycles. The van der Waals surface area contributed by atoms with Gasteiger partial charge in [0.05, 0.1) is 6.04 Å². The van der Waals surface area contributed by atoms with Crippen molar-refractivity contribution in [1.82, 2.24) is 5.32 Å². The molecule has 0 heterocycles. The van der Waals surface area contributed by atoms with Gasteiger partial charge in [-0.1, -0.05) is 34.5 Å². The molecule has 3 heteroatoms. The molecule has 1 aromatic carbocycles. The van der Waals surface area contributed by atoms with E-state index in [2.05, 4.69) is 27.3 Å². The molecule has 0 aliphatic heterocycles. The van der Waals surface area contributed by atoms with Crippen molar-refractivity contribution in [2.24, 2.45) is 0 Å². The Labute approximate surface area is 105 Å². The van der Waals surface area contributed by atoms with Gasteiger partial charge < -0.3 is 5.32 Å². The highest BCUT2D eigenvalue weighted by molar-refractivity contribution is 9.10. The summed E-state index contributed by atoms with van der Waals surface area (Å²) in [7, 11) is 0. The molecule has 1 nitrogen and oxygen atoms in total. The molecule has 0 fully saturated rings. The van der Waals surface area contributed by atoms with Crippen LogP contribution < -0.4 is 5.32 Å². The first-order chi connectivity index (χ1) is 7.54. The quantitative estimate of drug-likeness (QED) is 0.818. The Hall–Kier alpha value is -0.670. The molecule has 1 atom stereocenters. The third kappa shape index (κ3) is 3.72. The summed E-state index contributed by atoms with van der Waals surface area (Å²) in [5.41, 5.74) is 2.14. The highest BCUT2D eigenvalue weighted by Gasteiger charge is 2.11. The van der Waals surface area contributed by atoms with Crippen LogP contribution in [0.1, 0.15) is 32.4 Å². The summed E-state index contributed by atoms with van der Waals surface area (Å²) in [6.45, 7) is 6.96. The summed E-state index contributed by atoms with van der Waals surface area (Å²) >= 11 is 3.46. The van der Waals surface area contributed by atoms with Gasteiger partial charge >= 0.3 is 0 Å². The van der Waals surface area contributed by atoms with Gasteiger partial charge in [-0.25, -0.2) is 4.39 Å². The van der Waals surface area contributed by atoms with Gasteiger partial charge in [-0.15, -0.1) is 0 Å². The number of allylic oxidation sites excluding steroid dienone is 1. The van der Waals surface area contributed by atoms with Crippen LogP contribution in [0.25, 0.3) is 0 Å². The summed E-state index contributed by atoms with van der Waals surface area (Å²) in [6.07, 6.45) is 2.10. The van der Waals surface area contributed by atoms with Crippen LogP contribution in [0.2, 0.25) is 0 Å². The van der Waals surface area contributed by atoms with Crippen molar-refractivity contribution in [3.05, 3.63) is 45.7 Å². The number of hydrogen-bond acceptors (Lipinski definition) is 1. The summed E-state index contributed by atoms with van der Waals surface area (Å²) < 4.78 is 14.1. The monoisotopic (exact) mass is 285 g/mol. The lowest BCUT2D eigenvalue weighted by Gasteiger charge is -2.17. The average Bonchev–Trinajstić information content (AvgIpc) is 2.20. The molecule has 0 bridgehead atoms. The van der Waals surface area contributed by atoms with E-state index in [1.54, 1.807) is 12.1 Å². The fraction of sp³-hybridized carbons (Fsp3) is 0.385. The van der Waals surface area contributed by atoms with Crippen LogP contribution in [0.5, 0.6) is 0 Å². The molecular weight excluding hydrogens is 269 g/mol. The minimum Gasteiger partial charge on any atom is -0.307 e. The average molecular weight is 286 g/mol. The Bertz CT molecular complexity index is 384. The summed E-state index contributed by atoms with van der Waals surface area (Å²) in [6, 6.07) is 4.82. The molecule has 0 aliphatic carbocycles. The van der Waals surface area contributed by atoms with Gasteiger partial charge in [0.1, 0.15) is 5.82 Å². The molecule has 88 valence electrons. The Balaban J connectivity index is 3.09. The molecular formula is C13H17BrFN. The molecule has 1 aromatic rings. The van der Waals surface area contributed by atoms with Crippen LogP contribution in [-0.4, -0.2) is 6.54 Å². The molecule has 16 heavy (non-hydrogen) atoms. The van der Waals surface area contributed by atoms with E-state index in [0.717, 1.165) is 16.6 Å². The molecule has 0 aliphatic rings. The van der Waals surface area contributed by atoms with E-state index in [9.17, 15) is 4.39 Å². The highest BCUT2D eigenvalue weighted by atomic mass is 79.9. The van der Waals surface area contributed by atoms with Crippen LogP contribution in [0.4, 0.5) is 4.39 Å². The lowest BCUT2D eigenvalue weighted by molar-refractivity contribution is 0.607. The number of likely N-dealkylation sites (N-methyl/N-ethyl adjacent to an activating group) is 1. The first kappa shape index (κ1) is 13.4. The molecule has 1 N–H and O–H groups in total. The van der Waals surface area contributed by atoms with Crippen molar-refractivity contribution in [1.29, 1.82) is 0 Å². The van der Waals surface area contributed by atoms with Crippen molar-refractivity contribution in [3.63, 3.8) is 0 Å². The molecule has 0 spiro atoms. The summed E-state index contributed by atoms with van der Waals surface area (Å²) in [5, 5.41) is 3.33. The largest absolute Gasteiger partial charge is 0.307 e. The Morgan fingerprint density at radius 1 is 1.50 bits per heavy atom. The highest BCUT2D eigenvalue weighted by Crippen LogP contribution is 2.26. The second kappa shape index (κ2) is 6.16. The lowest BCUT2D eigenvalue weighted by Crippen LogP contribution is -2.19. The van der Waals surface area contributed by atoms with E-state index in [0.29, 0.717) is 0 Å². The van der Waals surface area contributed by atoms with Gasteiger partial charge in [-0.05, 0) is 44.2 Å². The summed E-state index contributed by atoms with van der Waals surface area (Å²) in [5.74, 6) is -0.205. The number of rotatable bonds is 4. The number of nitrogens with one attached hydrogen (secondary N) is 1. The first-order valence-electron chi connectivity index (χ1n) is 5.38. The predicted octanol–water partition coefficient (Wildman–Crippen LogP) is 4.21. The fourth-order valence-corrected chi connectivity index (χ4v) is 2.06. The Kier molecular flexibility index (Phi) is 5.16. The summed E-state index contributed by atoms with van der Waals surface area (Å²) in [4.78, 5) is 0. The number of hydrogen-bond donors (Lipinski definition) is 1. The van der Waals surface area contributed by atoms with Gasteiger partial charge in [0.2, 0.25) is 0 Å². The van der Waals surface area contributed by atoms with Gasteiger partial charge in [-0.2, -0.15) is 0 Å². The maximum Gasteiger partial charge on any atom is 0.123 e. The van der Waals surface area contributed by atoms with Crippen molar-refractivity contribution in [2.45, 2.75) is 26.8 Å². The van der Waals surface area contributed by atoms with E-state index in [-0.39, 0.29) is 11.9 Å². The minimum atomic E-state index is -0.205. The van der Waals surface area contributed by atoms with Crippen molar-refractivity contribution < 1.29 is 4.39 Å². The van der Waals surface area contributed by atoms with Crippen LogP contribution in [0.3, 0.4) is 0 Å². The predicted molar refractivity (Wildman–Crippen MR) is 69.9 cm³/mol. The van der Waals surface area contributed by atoms with Crippen LogP contribution in [-0.2, 0) is 0 Å². The third-order valence-electron chi connectivity index (χ3n) is 2.22. The first-order valence-corrected chi connectivity index (χ1v) is 6.17. The van der Waals surface area contributed by atoms with E-state index in [4.69, 9.17) is 0 Å². The Morgan fingerprint density at radius 3 is 2.75 bits per heavy atom. The maximum atomic E-state index is 13.2. The van der Waals surface area contributed by atoms with E-state index in [1.165, 1.54) is 11.6 Å². The maximum absolute atomic E-state index is 13.2. The molecule has 0 saturated carbocycles. The van der Waals surface area contributed by atoms with Gasteiger partial charge in [0.15, 0.2) is 0 Å². The zero-order chi connectivity index (χ0) is 12.1.